The normalized spacial score (nSPS) is 19.0. The number of aliphatic imine (C=N–C) groups is 1. The van der Waals surface area contributed by atoms with Gasteiger partial charge in [-0.05, 0) is 48.4 Å². The maximum atomic E-state index is 12.8. The van der Waals surface area contributed by atoms with Gasteiger partial charge in [0.15, 0.2) is 5.17 Å². The van der Waals surface area contributed by atoms with Crippen molar-refractivity contribution in [3.8, 4) is 5.75 Å². The van der Waals surface area contributed by atoms with Crippen molar-refractivity contribution in [3.63, 3.8) is 0 Å². The second-order valence-corrected chi connectivity index (χ2v) is 10.5. The lowest BCUT2D eigenvalue weighted by Gasteiger charge is -2.23. The fourth-order valence-corrected chi connectivity index (χ4v) is 5.50. The third kappa shape index (κ3) is 5.70. The minimum absolute atomic E-state index is 0.00140. The van der Waals surface area contributed by atoms with Crippen LogP contribution in [-0.2, 0) is 9.59 Å². The van der Waals surface area contributed by atoms with E-state index in [1.54, 1.807) is 31.4 Å². The zero-order valence-electron chi connectivity index (χ0n) is 20.3. The van der Waals surface area contributed by atoms with Crippen molar-refractivity contribution in [1.82, 2.24) is 5.01 Å². The van der Waals surface area contributed by atoms with Gasteiger partial charge in [-0.2, -0.15) is 10.1 Å². The number of nitrogens with one attached hydrogen (secondary N) is 1. The van der Waals surface area contributed by atoms with Gasteiger partial charge in [-0.25, -0.2) is 5.01 Å². The van der Waals surface area contributed by atoms with Crippen LogP contribution in [0.2, 0.25) is 5.02 Å². The molecule has 0 aliphatic carbocycles. The molecule has 3 aromatic carbocycles. The zero-order valence-corrected chi connectivity index (χ0v) is 21.9. The van der Waals surface area contributed by atoms with E-state index in [2.05, 4.69) is 34.6 Å². The molecule has 0 bridgehead atoms. The first-order chi connectivity index (χ1) is 17.9. The fraction of sp³-hybridized carbons (Fsp3) is 0.214. The number of hydrazone groups is 1. The maximum absolute atomic E-state index is 12.8. The van der Waals surface area contributed by atoms with Crippen molar-refractivity contribution in [2.45, 2.75) is 31.1 Å². The number of carbonyl (C=O) groups excluding carboxylic acids is 2. The number of nitrogens with zero attached hydrogens (tertiary/aromatic N) is 3. The molecule has 3 aromatic rings. The lowest BCUT2D eigenvalue weighted by molar-refractivity contribution is -0.121. The van der Waals surface area contributed by atoms with Crippen LogP contribution in [-0.4, -0.2) is 40.1 Å². The summed E-state index contributed by atoms with van der Waals surface area (Å²) in [5, 5.41) is 9.91. The lowest BCUT2D eigenvalue weighted by Crippen LogP contribution is -2.25. The number of rotatable bonds is 6. The number of methoxy groups -OCH3 is 1. The molecule has 37 heavy (non-hydrogen) atoms. The number of thioether (sulfide) groups is 1. The summed E-state index contributed by atoms with van der Waals surface area (Å²) in [6.07, 6.45) is 0.654. The van der Waals surface area contributed by atoms with E-state index in [4.69, 9.17) is 21.4 Å². The minimum Gasteiger partial charge on any atom is -0.497 e. The van der Waals surface area contributed by atoms with E-state index in [9.17, 15) is 9.59 Å². The van der Waals surface area contributed by atoms with E-state index in [1.807, 2.05) is 36.2 Å². The van der Waals surface area contributed by atoms with E-state index in [0.717, 1.165) is 22.6 Å². The van der Waals surface area contributed by atoms with Crippen LogP contribution in [0.1, 0.15) is 35.6 Å². The minimum atomic E-state index is -0.621. The third-order valence-corrected chi connectivity index (χ3v) is 7.58. The quantitative estimate of drug-likeness (QED) is 0.431. The lowest BCUT2D eigenvalue weighted by atomic mass is 9.98. The van der Waals surface area contributed by atoms with Gasteiger partial charge in [0.05, 0.1) is 18.9 Å². The van der Waals surface area contributed by atoms with Gasteiger partial charge in [0.25, 0.3) is 5.91 Å². The summed E-state index contributed by atoms with van der Waals surface area (Å²) >= 11 is 7.28. The number of halogens is 1. The summed E-state index contributed by atoms with van der Waals surface area (Å²) < 4.78 is 5.31. The average Bonchev–Trinajstić information content (AvgIpc) is 3.48. The second-order valence-electron chi connectivity index (χ2n) is 8.85. The predicted octanol–water partition coefficient (Wildman–Crippen LogP) is 5.83. The SMILES string of the molecule is COc1ccc([C@@H]2CC(c3ccc(C)cc3)=NN2C2=NC(=O)[C@H](CC(=O)Nc3cccc(Cl)c3)S2)cc1. The van der Waals surface area contributed by atoms with Crippen molar-refractivity contribution in [3.05, 3.63) is 94.5 Å². The highest BCUT2D eigenvalue weighted by Gasteiger charge is 2.39. The Morgan fingerprint density at radius 2 is 1.89 bits per heavy atom. The van der Waals surface area contributed by atoms with Crippen LogP contribution in [0, 0.1) is 6.92 Å². The van der Waals surface area contributed by atoms with Crippen LogP contribution in [0.25, 0.3) is 0 Å². The Balaban J connectivity index is 1.35. The Kier molecular flexibility index (Phi) is 7.30. The molecule has 2 aliphatic rings. The van der Waals surface area contributed by atoms with Gasteiger partial charge in [0, 0.05) is 23.6 Å². The summed E-state index contributed by atoms with van der Waals surface area (Å²) in [7, 11) is 1.63. The van der Waals surface area contributed by atoms with Crippen LogP contribution >= 0.6 is 23.4 Å². The summed E-state index contributed by atoms with van der Waals surface area (Å²) in [6.45, 7) is 2.05. The van der Waals surface area contributed by atoms with E-state index in [-0.39, 0.29) is 24.3 Å². The van der Waals surface area contributed by atoms with Gasteiger partial charge >= 0.3 is 0 Å². The molecule has 7 nitrogen and oxygen atoms in total. The molecule has 188 valence electrons. The number of benzene rings is 3. The number of ether oxygens (including phenoxy) is 1. The Labute approximate surface area is 224 Å². The Hall–Kier alpha value is -3.62. The van der Waals surface area contributed by atoms with E-state index < -0.39 is 5.25 Å². The summed E-state index contributed by atoms with van der Waals surface area (Å²) in [5.41, 5.74) is 4.73. The highest BCUT2D eigenvalue weighted by atomic mass is 35.5. The first-order valence-electron chi connectivity index (χ1n) is 11.8. The molecule has 2 aliphatic heterocycles. The highest BCUT2D eigenvalue weighted by Crippen LogP contribution is 2.39. The van der Waals surface area contributed by atoms with Crippen molar-refractivity contribution < 1.29 is 14.3 Å². The van der Waals surface area contributed by atoms with Gasteiger partial charge in [-0.1, -0.05) is 71.4 Å². The molecule has 1 N–H and O–H groups in total. The number of anilines is 1. The monoisotopic (exact) mass is 532 g/mol. The Bertz CT molecular complexity index is 1390. The molecule has 9 heteroatoms. The van der Waals surface area contributed by atoms with Gasteiger partial charge in [0.1, 0.15) is 11.0 Å². The van der Waals surface area contributed by atoms with Crippen molar-refractivity contribution in [2.24, 2.45) is 10.1 Å². The van der Waals surface area contributed by atoms with Crippen molar-refractivity contribution in [1.29, 1.82) is 0 Å². The molecule has 0 unspecified atom stereocenters. The number of carbonyl (C=O) groups is 2. The Morgan fingerprint density at radius 1 is 1.14 bits per heavy atom. The molecular weight excluding hydrogens is 508 g/mol. The third-order valence-electron chi connectivity index (χ3n) is 6.20. The number of aryl methyl sites for hydroxylation is 1. The number of hydrogen-bond acceptors (Lipinski definition) is 6. The fourth-order valence-electron chi connectivity index (χ4n) is 4.24. The first-order valence-corrected chi connectivity index (χ1v) is 13.1. The van der Waals surface area contributed by atoms with Crippen molar-refractivity contribution >= 4 is 51.7 Å². The van der Waals surface area contributed by atoms with Crippen molar-refractivity contribution in [2.75, 3.05) is 12.4 Å². The van der Waals surface area contributed by atoms with E-state index in [1.165, 1.54) is 17.3 Å². The predicted molar refractivity (Wildman–Crippen MR) is 148 cm³/mol. The van der Waals surface area contributed by atoms with Gasteiger partial charge in [0.2, 0.25) is 5.91 Å². The second kappa shape index (κ2) is 10.8. The molecular formula is C28H25ClN4O3S. The van der Waals surface area contributed by atoms with E-state index >= 15 is 0 Å². The number of amidine groups is 1. The van der Waals surface area contributed by atoms with Crippen LogP contribution in [0.3, 0.4) is 0 Å². The molecule has 0 aromatic heterocycles. The molecule has 2 amide bonds. The standard InChI is InChI=1S/C28H25ClN4O3S/c1-17-6-8-18(9-7-17)23-15-24(19-10-12-22(36-2)13-11-19)33(32-23)28-31-27(35)25(37-28)16-26(34)30-21-5-3-4-20(29)14-21/h3-14,24-25H,15-16H2,1-2H3,(H,30,34)/t24-,25-/m0/s1. The summed E-state index contributed by atoms with van der Waals surface area (Å²) in [6, 6.07) is 22.8. The molecule has 0 saturated heterocycles. The average molecular weight is 533 g/mol. The number of amides is 2. The molecule has 0 radical (unpaired) electrons. The molecule has 2 heterocycles. The topological polar surface area (TPSA) is 83.4 Å². The molecule has 5 rings (SSSR count). The van der Waals surface area contributed by atoms with Gasteiger partial charge < -0.3 is 10.1 Å². The van der Waals surface area contributed by atoms with Crippen LogP contribution < -0.4 is 10.1 Å². The van der Waals surface area contributed by atoms with Gasteiger partial charge in [-0.15, -0.1) is 0 Å². The van der Waals surface area contributed by atoms with Crippen LogP contribution in [0.5, 0.6) is 5.75 Å². The first kappa shape index (κ1) is 25.0. The number of hydrogen-bond donors (Lipinski definition) is 1. The highest BCUT2D eigenvalue weighted by molar-refractivity contribution is 8.15. The Morgan fingerprint density at radius 3 is 2.59 bits per heavy atom. The largest absolute Gasteiger partial charge is 0.497 e. The summed E-state index contributed by atoms with van der Waals surface area (Å²) in [4.78, 5) is 29.7. The zero-order chi connectivity index (χ0) is 25.9. The molecule has 2 atom stereocenters. The molecule has 0 fully saturated rings. The summed E-state index contributed by atoms with van der Waals surface area (Å²) in [5.74, 6) is 0.150. The van der Waals surface area contributed by atoms with Crippen LogP contribution in [0.4, 0.5) is 5.69 Å². The molecule has 0 spiro atoms. The van der Waals surface area contributed by atoms with Gasteiger partial charge in [-0.3, -0.25) is 9.59 Å². The molecule has 0 saturated carbocycles. The maximum Gasteiger partial charge on any atom is 0.262 e. The smallest absolute Gasteiger partial charge is 0.262 e. The van der Waals surface area contributed by atoms with E-state index in [0.29, 0.717) is 22.3 Å². The van der Waals surface area contributed by atoms with Crippen LogP contribution in [0.15, 0.2) is 82.9 Å².